The molecular formula is C17H28N4OS. The zero-order valence-corrected chi connectivity index (χ0v) is 15.2. The van der Waals surface area contributed by atoms with Crippen LogP contribution in [0.15, 0.2) is 11.2 Å². The summed E-state index contributed by atoms with van der Waals surface area (Å²) in [7, 11) is 1.72. The van der Waals surface area contributed by atoms with Crippen LogP contribution in [0, 0.1) is 13.8 Å². The molecular weight excluding hydrogens is 308 g/mol. The molecule has 1 saturated carbocycles. The Bertz CT molecular complexity index is 547. The smallest absolute Gasteiger partial charge is 0.187 e. The van der Waals surface area contributed by atoms with E-state index in [1.165, 1.54) is 43.5 Å². The third-order valence-electron chi connectivity index (χ3n) is 4.44. The molecule has 128 valence electrons. The normalized spacial score (nSPS) is 16.0. The molecule has 0 aliphatic heterocycles. The summed E-state index contributed by atoms with van der Waals surface area (Å²) in [5.41, 5.74) is 6.44. The molecule has 0 amide bonds. The van der Waals surface area contributed by atoms with Crippen LogP contribution in [0.3, 0.4) is 0 Å². The van der Waals surface area contributed by atoms with E-state index in [4.69, 9.17) is 17.0 Å². The van der Waals surface area contributed by atoms with Gasteiger partial charge in [0.1, 0.15) is 0 Å². The van der Waals surface area contributed by atoms with Gasteiger partial charge in [0, 0.05) is 36.6 Å². The Morgan fingerprint density at radius 2 is 2.13 bits per heavy atom. The lowest BCUT2D eigenvalue weighted by Gasteiger charge is -2.23. The Kier molecular flexibility index (Phi) is 7.05. The molecule has 2 N–H and O–H groups in total. The molecule has 0 bridgehead atoms. The molecule has 0 unspecified atom stereocenters. The Balaban J connectivity index is 1.86. The second kappa shape index (κ2) is 9.03. The minimum atomic E-state index is 0.498. The first-order valence-corrected chi connectivity index (χ1v) is 8.78. The molecule has 1 heterocycles. The Hall–Kier alpha value is -1.40. The van der Waals surface area contributed by atoms with Crippen LogP contribution in [-0.2, 0) is 11.3 Å². The molecule has 6 heteroatoms. The van der Waals surface area contributed by atoms with E-state index in [0.717, 1.165) is 12.1 Å². The molecule has 0 radical (unpaired) electrons. The third-order valence-corrected chi connectivity index (χ3v) is 4.65. The number of hydrogen-bond acceptors (Lipinski definition) is 3. The number of thiocarbonyl (C=S) groups is 1. The minimum absolute atomic E-state index is 0.498. The summed E-state index contributed by atoms with van der Waals surface area (Å²) < 4.78 is 7.40. The summed E-state index contributed by atoms with van der Waals surface area (Å²) in [5.74, 6) is 0. The van der Waals surface area contributed by atoms with Gasteiger partial charge in [-0.1, -0.05) is 19.3 Å². The highest BCUT2D eigenvalue weighted by Gasteiger charge is 2.13. The molecule has 1 aromatic rings. The van der Waals surface area contributed by atoms with Gasteiger partial charge in [-0.2, -0.15) is 5.10 Å². The number of hydrazone groups is 1. The number of hydrogen-bond donors (Lipinski definition) is 2. The van der Waals surface area contributed by atoms with Gasteiger partial charge in [0.05, 0.1) is 12.8 Å². The third kappa shape index (κ3) is 5.32. The molecule has 0 atom stereocenters. The van der Waals surface area contributed by atoms with Crippen LogP contribution in [0.25, 0.3) is 0 Å². The lowest BCUT2D eigenvalue weighted by Crippen LogP contribution is -2.40. The fourth-order valence-corrected chi connectivity index (χ4v) is 3.33. The van der Waals surface area contributed by atoms with E-state index in [1.807, 2.05) is 6.21 Å². The average molecular weight is 337 g/mol. The topological polar surface area (TPSA) is 50.6 Å². The van der Waals surface area contributed by atoms with Gasteiger partial charge in [-0.15, -0.1) is 0 Å². The van der Waals surface area contributed by atoms with Crippen LogP contribution in [0.1, 0.15) is 49.1 Å². The standard InChI is InChI=1S/C17H28N4OS/c1-13-11-15(14(2)21(13)9-10-22-3)12-18-20-17(23)19-16-7-5-4-6-8-16/h11-12,16H,4-10H2,1-3H3,(H2,19,20,23)/b18-12-. The number of aryl methyl sites for hydroxylation is 1. The molecule has 5 nitrogen and oxygen atoms in total. The number of methoxy groups -OCH3 is 1. The summed E-state index contributed by atoms with van der Waals surface area (Å²) in [6.07, 6.45) is 8.15. The monoisotopic (exact) mass is 336 g/mol. The van der Waals surface area contributed by atoms with Gasteiger partial charge in [0.2, 0.25) is 0 Å². The van der Waals surface area contributed by atoms with Gasteiger partial charge in [-0.25, -0.2) is 0 Å². The summed E-state index contributed by atoms with van der Waals surface area (Å²) in [5, 5.41) is 8.24. The number of ether oxygens (including phenoxy) is 1. The van der Waals surface area contributed by atoms with Gasteiger partial charge in [-0.3, -0.25) is 5.43 Å². The molecule has 0 spiro atoms. The molecule has 1 aliphatic rings. The van der Waals surface area contributed by atoms with Crippen molar-refractivity contribution in [2.24, 2.45) is 5.10 Å². The van der Waals surface area contributed by atoms with Crippen molar-refractivity contribution in [2.45, 2.75) is 58.5 Å². The summed E-state index contributed by atoms with van der Waals surface area (Å²) in [6.45, 7) is 5.77. The molecule has 1 aromatic heterocycles. The van der Waals surface area contributed by atoms with Crippen molar-refractivity contribution >= 4 is 23.5 Å². The van der Waals surface area contributed by atoms with Crippen molar-refractivity contribution in [3.8, 4) is 0 Å². The maximum absolute atomic E-state index is 5.31. The minimum Gasteiger partial charge on any atom is -0.383 e. The summed E-state index contributed by atoms with van der Waals surface area (Å²) in [6, 6.07) is 2.63. The second-order valence-electron chi connectivity index (χ2n) is 6.15. The van der Waals surface area contributed by atoms with E-state index in [9.17, 15) is 0 Å². The van der Waals surface area contributed by atoms with E-state index < -0.39 is 0 Å². The molecule has 0 saturated heterocycles. The van der Waals surface area contributed by atoms with Crippen LogP contribution in [0.4, 0.5) is 0 Å². The zero-order valence-electron chi connectivity index (χ0n) is 14.4. The van der Waals surface area contributed by atoms with Crippen LogP contribution in [0.5, 0.6) is 0 Å². The second-order valence-corrected chi connectivity index (χ2v) is 6.56. The number of nitrogens with one attached hydrogen (secondary N) is 2. The van der Waals surface area contributed by atoms with Gasteiger partial charge in [-0.05, 0) is 45.0 Å². The van der Waals surface area contributed by atoms with Gasteiger partial charge in [0.15, 0.2) is 5.11 Å². The molecule has 23 heavy (non-hydrogen) atoms. The Morgan fingerprint density at radius 3 is 2.83 bits per heavy atom. The fourth-order valence-electron chi connectivity index (χ4n) is 3.11. The van der Waals surface area contributed by atoms with E-state index in [-0.39, 0.29) is 0 Å². The number of nitrogens with zero attached hydrogens (tertiary/aromatic N) is 2. The first-order valence-electron chi connectivity index (χ1n) is 8.37. The van der Waals surface area contributed by atoms with Crippen molar-refractivity contribution in [2.75, 3.05) is 13.7 Å². The number of aromatic nitrogens is 1. The van der Waals surface area contributed by atoms with E-state index in [0.29, 0.717) is 17.8 Å². The first kappa shape index (κ1) is 17.9. The van der Waals surface area contributed by atoms with Gasteiger partial charge in [0.25, 0.3) is 0 Å². The lowest BCUT2D eigenvalue weighted by atomic mass is 9.96. The Labute approximate surface area is 144 Å². The zero-order chi connectivity index (χ0) is 16.7. The largest absolute Gasteiger partial charge is 0.383 e. The van der Waals surface area contributed by atoms with Gasteiger partial charge >= 0.3 is 0 Å². The molecule has 2 rings (SSSR count). The van der Waals surface area contributed by atoms with E-state index in [2.05, 4.69) is 40.3 Å². The maximum atomic E-state index is 5.31. The van der Waals surface area contributed by atoms with Crippen molar-refractivity contribution in [3.05, 3.63) is 23.0 Å². The summed E-state index contributed by atoms with van der Waals surface area (Å²) >= 11 is 5.31. The highest BCUT2D eigenvalue weighted by atomic mass is 32.1. The van der Waals surface area contributed by atoms with E-state index in [1.54, 1.807) is 7.11 Å². The predicted octanol–water partition coefficient (Wildman–Crippen LogP) is 2.88. The SMILES string of the molecule is COCCn1c(C)cc(/C=N\NC(=S)NC2CCCCC2)c1C. The van der Waals surface area contributed by atoms with Crippen molar-refractivity contribution in [1.29, 1.82) is 0 Å². The number of rotatable bonds is 6. The predicted molar refractivity (Wildman–Crippen MR) is 99.1 cm³/mol. The van der Waals surface area contributed by atoms with E-state index >= 15 is 0 Å². The van der Waals surface area contributed by atoms with Crippen molar-refractivity contribution in [1.82, 2.24) is 15.3 Å². The highest BCUT2D eigenvalue weighted by molar-refractivity contribution is 7.80. The van der Waals surface area contributed by atoms with Crippen molar-refractivity contribution in [3.63, 3.8) is 0 Å². The van der Waals surface area contributed by atoms with Crippen LogP contribution < -0.4 is 10.7 Å². The maximum Gasteiger partial charge on any atom is 0.187 e. The van der Waals surface area contributed by atoms with Gasteiger partial charge < -0.3 is 14.6 Å². The quantitative estimate of drug-likeness (QED) is 0.476. The van der Waals surface area contributed by atoms with Crippen molar-refractivity contribution < 1.29 is 4.74 Å². The Morgan fingerprint density at radius 1 is 1.39 bits per heavy atom. The fraction of sp³-hybridized carbons (Fsp3) is 0.647. The van der Waals surface area contributed by atoms with Crippen LogP contribution in [0.2, 0.25) is 0 Å². The average Bonchev–Trinajstić information content (AvgIpc) is 2.80. The highest BCUT2D eigenvalue weighted by Crippen LogP contribution is 2.17. The molecule has 1 aliphatic carbocycles. The first-order chi connectivity index (χ1) is 11.1. The van der Waals surface area contributed by atoms with Crippen LogP contribution >= 0.6 is 12.2 Å². The lowest BCUT2D eigenvalue weighted by molar-refractivity contribution is 0.186. The molecule has 0 aromatic carbocycles. The molecule has 1 fully saturated rings. The van der Waals surface area contributed by atoms with Crippen LogP contribution in [-0.4, -0.2) is 35.7 Å². The summed E-state index contributed by atoms with van der Waals surface area (Å²) in [4.78, 5) is 0.